The molecule has 2 heterocycles. The van der Waals surface area contributed by atoms with Gasteiger partial charge < -0.3 is 19.7 Å². The van der Waals surface area contributed by atoms with Gasteiger partial charge in [0.15, 0.2) is 0 Å². The number of amides is 2. The van der Waals surface area contributed by atoms with Crippen molar-refractivity contribution in [2.45, 2.75) is 37.6 Å². The number of hydrogen-bond donors (Lipinski definition) is 1. The normalized spacial score (nSPS) is 20.8. The van der Waals surface area contributed by atoms with Crippen molar-refractivity contribution >= 4 is 23.6 Å². The molecule has 2 aromatic rings. The van der Waals surface area contributed by atoms with Crippen molar-refractivity contribution in [2.24, 2.45) is 0 Å². The molecule has 0 radical (unpaired) electrons. The second-order valence-corrected chi connectivity index (χ2v) is 11.4. The maximum absolute atomic E-state index is 13.8. The van der Waals surface area contributed by atoms with E-state index in [1.807, 2.05) is 0 Å². The molecular weight excluding hydrogens is 474 g/mol. The largest absolute Gasteiger partial charge is 0.497 e. The van der Waals surface area contributed by atoms with Crippen LogP contribution >= 0.6 is 11.8 Å². The Morgan fingerprint density at radius 1 is 1.06 bits per heavy atom. The predicted octanol–water partition coefficient (Wildman–Crippen LogP) is 3.70. The van der Waals surface area contributed by atoms with E-state index in [1.54, 1.807) is 48.0 Å². The maximum atomic E-state index is 13.8. The van der Waals surface area contributed by atoms with Crippen molar-refractivity contribution in [3.8, 4) is 5.75 Å². The minimum Gasteiger partial charge on any atom is -0.497 e. The molecule has 2 aromatic carbocycles. The quantitative estimate of drug-likeness (QED) is 0.611. The van der Waals surface area contributed by atoms with Crippen molar-refractivity contribution in [1.29, 1.82) is 0 Å². The lowest BCUT2D eigenvalue weighted by molar-refractivity contribution is -0.124. The van der Waals surface area contributed by atoms with Gasteiger partial charge in [-0.05, 0) is 40.8 Å². The lowest BCUT2D eigenvalue weighted by Crippen LogP contribution is -2.49. The summed E-state index contributed by atoms with van der Waals surface area (Å²) in [7, 11) is 1.60. The molecule has 7 nitrogen and oxygen atoms in total. The first-order chi connectivity index (χ1) is 17.3. The van der Waals surface area contributed by atoms with Gasteiger partial charge in [0.25, 0.3) is 5.91 Å². The van der Waals surface area contributed by atoms with E-state index in [-0.39, 0.29) is 22.6 Å². The first-order valence-electron chi connectivity index (χ1n) is 12.5. The Hall–Kier alpha value is -2.55. The van der Waals surface area contributed by atoms with Crippen molar-refractivity contribution in [1.82, 2.24) is 15.1 Å². The van der Waals surface area contributed by atoms with Gasteiger partial charge in [-0.25, -0.2) is 0 Å². The highest BCUT2D eigenvalue weighted by atomic mass is 32.2. The molecule has 2 atom stereocenters. The van der Waals surface area contributed by atoms with Crippen LogP contribution in [0.4, 0.5) is 0 Å². The van der Waals surface area contributed by atoms with Crippen LogP contribution in [-0.2, 0) is 14.9 Å². The maximum Gasteiger partial charge on any atom is 0.255 e. The molecule has 8 heteroatoms. The Morgan fingerprint density at radius 2 is 1.72 bits per heavy atom. The third-order valence-corrected chi connectivity index (χ3v) is 8.09. The van der Waals surface area contributed by atoms with Gasteiger partial charge in [-0.1, -0.05) is 45.0 Å². The number of nitrogens with one attached hydrogen (secondary N) is 1. The molecule has 1 N–H and O–H groups in total. The first kappa shape index (κ1) is 26.5. The monoisotopic (exact) mass is 511 g/mol. The van der Waals surface area contributed by atoms with Crippen molar-refractivity contribution < 1.29 is 19.1 Å². The summed E-state index contributed by atoms with van der Waals surface area (Å²) in [6, 6.07) is 15.0. The van der Waals surface area contributed by atoms with Crippen molar-refractivity contribution in [2.75, 3.05) is 52.3 Å². The van der Waals surface area contributed by atoms with Crippen LogP contribution in [0.2, 0.25) is 0 Å². The Labute approximate surface area is 218 Å². The van der Waals surface area contributed by atoms with Crippen LogP contribution < -0.4 is 10.1 Å². The van der Waals surface area contributed by atoms with E-state index in [0.29, 0.717) is 23.6 Å². The molecule has 0 aromatic heterocycles. The van der Waals surface area contributed by atoms with Crippen molar-refractivity contribution in [3.05, 3.63) is 65.2 Å². The highest BCUT2D eigenvalue weighted by molar-refractivity contribution is 7.99. The fourth-order valence-electron chi connectivity index (χ4n) is 4.52. The zero-order valence-electron chi connectivity index (χ0n) is 21.7. The van der Waals surface area contributed by atoms with Crippen LogP contribution in [0.1, 0.15) is 47.6 Å². The summed E-state index contributed by atoms with van der Waals surface area (Å²) in [5, 5.41) is 2.85. The minimum absolute atomic E-state index is 0.0445. The smallest absolute Gasteiger partial charge is 0.255 e. The number of carbonyl (C=O) groups excluding carboxylic acids is 2. The molecule has 0 spiro atoms. The number of benzene rings is 2. The standard InChI is InChI=1S/C28H37N3O4S/c1-28(2,3)22-9-5-21(6-10-22)27-31(26(33)20-7-11-23(34-4)12-8-20)24(19-36-27)25(32)29-13-14-30-15-17-35-18-16-30/h5-12,24,27H,13-19H2,1-4H3,(H,29,32). The number of carbonyl (C=O) groups is 2. The first-order valence-corrected chi connectivity index (χ1v) is 13.6. The lowest BCUT2D eigenvalue weighted by Gasteiger charge is -2.30. The highest BCUT2D eigenvalue weighted by Crippen LogP contribution is 2.43. The Bertz CT molecular complexity index is 1030. The van der Waals surface area contributed by atoms with E-state index in [9.17, 15) is 9.59 Å². The van der Waals surface area contributed by atoms with Gasteiger partial charge in [0.1, 0.15) is 17.2 Å². The Balaban J connectivity index is 1.53. The Morgan fingerprint density at radius 3 is 2.33 bits per heavy atom. The minimum atomic E-state index is -0.540. The summed E-state index contributed by atoms with van der Waals surface area (Å²) in [6.45, 7) is 11.1. The van der Waals surface area contributed by atoms with E-state index in [0.717, 1.165) is 38.4 Å². The van der Waals surface area contributed by atoms with E-state index >= 15 is 0 Å². The summed E-state index contributed by atoms with van der Waals surface area (Å²) in [5.41, 5.74) is 2.85. The molecular formula is C28H37N3O4S. The van der Waals surface area contributed by atoms with E-state index in [1.165, 1.54) is 5.56 Å². The second-order valence-electron chi connectivity index (χ2n) is 10.3. The molecule has 2 fully saturated rings. The molecule has 36 heavy (non-hydrogen) atoms. The SMILES string of the molecule is COc1ccc(C(=O)N2C(C(=O)NCCN3CCOCC3)CSC2c2ccc(C(C)(C)C)cc2)cc1. The fourth-order valence-corrected chi connectivity index (χ4v) is 5.95. The molecule has 194 valence electrons. The van der Waals surface area contributed by atoms with E-state index < -0.39 is 6.04 Å². The number of ether oxygens (including phenoxy) is 2. The summed E-state index contributed by atoms with van der Waals surface area (Å²) in [4.78, 5) is 31.1. The average Bonchev–Trinajstić information content (AvgIpc) is 3.34. The van der Waals surface area contributed by atoms with Crippen LogP contribution in [0.5, 0.6) is 5.75 Å². The zero-order chi connectivity index (χ0) is 25.7. The number of thioether (sulfide) groups is 1. The predicted molar refractivity (Wildman–Crippen MR) is 144 cm³/mol. The Kier molecular flexibility index (Phi) is 8.59. The number of hydrogen-bond acceptors (Lipinski definition) is 6. The van der Waals surface area contributed by atoms with Gasteiger partial charge >= 0.3 is 0 Å². The number of morpholine rings is 1. The highest BCUT2D eigenvalue weighted by Gasteiger charge is 2.42. The molecule has 2 unspecified atom stereocenters. The van der Waals surface area contributed by atoms with Gasteiger partial charge in [-0.2, -0.15) is 0 Å². The molecule has 2 saturated heterocycles. The third-order valence-electron chi connectivity index (χ3n) is 6.77. The van der Waals surface area contributed by atoms with Crippen LogP contribution in [-0.4, -0.2) is 79.9 Å². The third kappa shape index (κ3) is 6.22. The molecule has 2 aliphatic heterocycles. The van der Waals surface area contributed by atoms with Gasteiger partial charge in [0.05, 0.1) is 20.3 Å². The van der Waals surface area contributed by atoms with Crippen molar-refractivity contribution in [3.63, 3.8) is 0 Å². The van der Waals surface area contributed by atoms with Crippen LogP contribution in [0.25, 0.3) is 0 Å². The summed E-state index contributed by atoms with van der Waals surface area (Å²) in [5.74, 6) is 0.984. The van der Waals surface area contributed by atoms with Gasteiger partial charge in [-0.3, -0.25) is 14.5 Å². The van der Waals surface area contributed by atoms with Gasteiger partial charge in [0.2, 0.25) is 5.91 Å². The number of rotatable bonds is 7. The zero-order valence-corrected chi connectivity index (χ0v) is 22.5. The molecule has 0 saturated carbocycles. The molecule has 4 rings (SSSR count). The average molecular weight is 512 g/mol. The summed E-state index contributed by atoms with van der Waals surface area (Å²) >= 11 is 1.64. The second kappa shape index (κ2) is 11.7. The van der Waals surface area contributed by atoms with E-state index in [4.69, 9.17) is 9.47 Å². The fraction of sp³-hybridized carbons (Fsp3) is 0.500. The van der Waals surface area contributed by atoms with Crippen LogP contribution in [0.3, 0.4) is 0 Å². The van der Waals surface area contributed by atoms with E-state index in [2.05, 4.69) is 55.3 Å². The molecule has 0 bridgehead atoms. The number of methoxy groups -OCH3 is 1. The lowest BCUT2D eigenvalue weighted by atomic mass is 9.86. The summed E-state index contributed by atoms with van der Waals surface area (Å²) < 4.78 is 10.7. The van der Waals surface area contributed by atoms with Crippen LogP contribution in [0.15, 0.2) is 48.5 Å². The molecule has 0 aliphatic carbocycles. The molecule has 2 aliphatic rings. The summed E-state index contributed by atoms with van der Waals surface area (Å²) in [6.07, 6.45) is 0. The van der Waals surface area contributed by atoms with Gasteiger partial charge in [-0.15, -0.1) is 11.8 Å². The van der Waals surface area contributed by atoms with Crippen LogP contribution in [0, 0.1) is 0 Å². The molecule has 2 amide bonds. The topological polar surface area (TPSA) is 71.1 Å². The van der Waals surface area contributed by atoms with Gasteiger partial charge in [0, 0.05) is 37.5 Å². The number of nitrogens with zero attached hydrogens (tertiary/aromatic N) is 2.